The summed E-state index contributed by atoms with van der Waals surface area (Å²) in [4.78, 5) is 14.3. The van der Waals surface area contributed by atoms with E-state index >= 15 is 0 Å². The standard InChI is InChI=1S/C15H17ClN4OS/c1-10(2)20-9-17-18-15(20)22-8-14(21)19-6-5-11-3-4-12(16)7-13(11)19/h3-4,7,9-10H,5-6,8H2,1-2H3. The van der Waals surface area contributed by atoms with Crippen LogP contribution in [0, 0.1) is 0 Å². The molecule has 0 atom stereocenters. The zero-order valence-corrected chi connectivity index (χ0v) is 14.1. The monoisotopic (exact) mass is 336 g/mol. The molecule has 0 spiro atoms. The lowest BCUT2D eigenvalue weighted by atomic mass is 10.2. The fraction of sp³-hybridized carbons (Fsp3) is 0.400. The Morgan fingerprint density at radius 2 is 2.27 bits per heavy atom. The number of benzene rings is 1. The first-order chi connectivity index (χ1) is 10.6. The minimum atomic E-state index is 0.0734. The Morgan fingerprint density at radius 1 is 1.45 bits per heavy atom. The van der Waals surface area contributed by atoms with E-state index in [1.807, 2.05) is 27.7 Å². The molecule has 0 saturated carbocycles. The van der Waals surface area contributed by atoms with Crippen molar-refractivity contribution in [2.24, 2.45) is 0 Å². The number of hydrogen-bond donors (Lipinski definition) is 0. The van der Waals surface area contributed by atoms with Crippen molar-refractivity contribution >= 4 is 35.0 Å². The van der Waals surface area contributed by atoms with E-state index in [4.69, 9.17) is 11.6 Å². The van der Waals surface area contributed by atoms with Crippen molar-refractivity contribution in [3.8, 4) is 0 Å². The smallest absolute Gasteiger partial charge is 0.237 e. The summed E-state index contributed by atoms with van der Waals surface area (Å²) < 4.78 is 1.97. The molecule has 22 heavy (non-hydrogen) atoms. The number of aromatic nitrogens is 3. The third-order valence-electron chi connectivity index (χ3n) is 3.67. The van der Waals surface area contributed by atoms with Gasteiger partial charge < -0.3 is 9.47 Å². The first-order valence-electron chi connectivity index (χ1n) is 7.17. The number of fused-ring (bicyclic) bond motifs is 1. The summed E-state index contributed by atoms with van der Waals surface area (Å²) >= 11 is 7.46. The molecule has 0 fully saturated rings. The number of carbonyl (C=O) groups excluding carboxylic acids is 1. The van der Waals surface area contributed by atoms with Gasteiger partial charge in [0, 0.05) is 23.3 Å². The van der Waals surface area contributed by atoms with Gasteiger partial charge in [-0.1, -0.05) is 29.4 Å². The highest BCUT2D eigenvalue weighted by Crippen LogP contribution is 2.31. The van der Waals surface area contributed by atoms with Gasteiger partial charge in [-0.2, -0.15) is 0 Å². The molecule has 0 bridgehead atoms. The topological polar surface area (TPSA) is 51.0 Å². The fourth-order valence-electron chi connectivity index (χ4n) is 2.51. The van der Waals surface area contributed by atoms with Crippen molar-refractivity contribution in [3.63, 3.8) is 0 Å². The molecule has 1 aromatic carbocycles. The summed E-state index contributed by atoms with van der Waals surface area (Å²) in [5, 5.41) is 9.42. The molecule has 5 nitrogen and oxygen atoms in total. The predicted molar refractivity (Wildman–Crippen MR) is 88.6 cm³/mol. The first kappa shape index (κ1) is 15.4. The zero-order valence-electron chi connectivity index (χ0n) is 12.5. The molecule has 2 heterocycles. The number of rotatable bonds is 4. The van der Waals surface area contributed by atoms with E-state index in [1.54, 1.807) is 6.33 Å². The van der Waals surface area contributed by atoms with E-state index in [2.05, 4.69) is 24.0 Å². The first-order valence-corrected chi connectivity index (χ1v) is 8.53. The Kier molecular flexibility index (Phi) is 4.40. The van der Waals surface area contributed by atoms with Gasteiger partial charge in [-0.3, -0.25) is 4.79 Å². The average Bonchev–Trinajstić information content (AvgIpc) is 3.10. The van der Waals surface area contributed by atoms with Crippen LogP contribution in [-0.4, -0.2) is 33.0 Å². The molecule has 0 aliphatic carbocycles. The molecule has 3 rings (SSSR count). The van der Waals surface area contributed by atoms with Gasteiger partial charge in [-0.05, 0) is 38.0 Å². The minimum absolute atomic E-state index is 0.0734. The molecule has 7 heteroatoms. The van der Waals surface area contributed by atoms with Gasteiger partial charge in [0.2, 0.25) is 5.91 Å². The Hall–Kier alpha value is -1.53. The van der Waals surface area contributed by atoms with E-state index in [0.29, 0.717) is 17.3 Å². The second-order valence-corrected chi connectivity index (χ2v) is 6.85. The van der Waals surface area contributed by atoms with E-state index in [0.717, 1.165) is 17.3 Å². The van der Waals surface area contributed by atoms with Crippen LogP contribution in [0.25, 0.3) is 0 Å². The third-order valence-corrected chi connectivity index (χ3v) is 4.84. The van der Waals surface area contributed by atoms with Crippen LogP contribution in [0.2, 0.25) is 5.02 Å². The van der Waals surface area contributed by atoms with Crippen LogP contribution < -0.4 is 4.90 Å². The third kappa shape index (κ3) is 2.98. The fourth-order valence-corrected chi connectivity index (χ4v) is 3.59. The maximum Gasteiger partial charge on any atom is 0.237 e. The van der Waals surface area contributed by atoms with Crippen LogP contribution in [0.5, 0.6) is 0 Å². The van der Waals surface area contributed by atoms with Crippen LogP contribution >= 0.6 is 23.4 Å². The van der Waals surface area contributed by atoms with Crippen molar-refractivity contribution in [1.29, 1.82) is 0 Å². The number of anilines is 1. The highest BCUT2D eigenvalue weighted by atomic mass is 35.5. The number of carbonyl (C=O) groups is 1. The van der Waals surface area contributed by atoms with E-state index in [9.17, 15) is 4.79 Å². The number of halogens is 1. The highest BCUT2D eigenvalue weighted by molar-refractivity contribution is 7.99. The van der Waals surface area contributed by atoms with E-state index < -0.39 is 0 Å². The number of thioether (sulfide) groups is 1. The molecule has 1 aliphatic rings. The van der Waals surface area contributed by atoms with Gasteiger partial charge in [-0.15, -0.1) is 10.2 Å². The summed E-state index contributed by atoms with van der Waals surface area (Å²) in [5.74, 6) is 0.418. The van der Waals surface area contributed by atoms with Gasteiger partial charge in [0.15, 0.2) is 5.16 Å². The van der Waals surface area contributed by atoms with Crippen LogP contribution in [0.3, 0.4) is 0 Å². The molecule has 0 N–H and O–H groups in total. The average molecular weight is 337 g/mol. The Labute approximate surface area is 138 Å². The number of nitrogens with zero attached hydrogens (tertiary/aromatic N) is 4. The molecular weight excluding hydrogens is 320 g/mol. The van der Waals surface area contributed by atoms with Crippen molar-refractivity contribution in [3.05, 3.63) is 35.1 Å². The molecule has 2 aromatic rings. The lowest BCUT2D eigenvalue weighted by molar-refractivity contribution is -0.116. The Bertz CT molecular complexity index is 701. The van der Waals surface area contributed by atoms with Crippen LogP contribution in [0.15, 0.2) is 29.7 Å². The molecule has 116 valence electrons. The molecule has 0 unspecified atom stereocenters. The van der Waals surface area contributed by atoms with Gasteiger partial charge in [0.05, 0.1) is 5.75 Å². The quantitative estimate of drug-likeness (QED) is 0.805. The Balaban J connectivity index is 1.69. The van der Waals surface area contributed by atoms with Crippen LogP contribution in [0.1, 0.15) is 25.5 Å². The molecule has 1 amide bonds. The number of hydrogen-bond acceptors (Lipinski definition) is 4. The summed E-state index contributed by atoms with van der Waals surface area (Å²) in [5.41, 5.74) is 2.11. The van der Waals surface area contributed by atoms with Gasteiger partial charge in [0.25, 0.3) is 0 Å². The molecular formula is C15H17ClN4OS. The lowest BCUT2D eigenvalue weighted by Gasteiger charge is -2.17. The highest BCUT2D eigenvalue weighted by Gasteiger charge is 2.25. The second kappa shape index (κ2) is 6.30. The lowest BCUT2D eigenvalue weighted by Crippen LogP contribution is -2.30. The largest absolute Gasteiger partial charge is 0.311 e. The zero-order chi connectivity index (χ0) is 15.7. The summed E-state index contributed by atoms with van der Waals surface area (Å²) in [7, 11) is 0. The van der Waals surface area contributed by atoms with E-state index in [-0.39, 0.29) is 11.9 Å². The molecule has 0 radical (unpaired) electrons. The van der Waals surface area contributed by atoms with Crippen LogP contribution in [0.4, 0.5) is 5.69 Å². The summed E-state index contributed by atoms with van der Waals surface area (Å²) in [6.45, 7) is 4.84. The van der Waals surface area contributed by atoms with Crippen molar-refractivity contribution in [1.82, 2.24) is 14.8 Å². The van der Waals surface area contributed by atoms with Crippen molar-refractivity contribution < 1.29 is 4.79 Å². The van der Waals surface area contributed by atoms with Crippen LogP contribution in [-0.2, 0) is 11.2 Å². The second-order valence-electron chi connectivity index (χ2n) is 5.47. The minimum Gasteiger partial charge on any atom is -0.311 e. The predicted octanol–water partition coefficient (Wildman–Crippen LogP) is 3.19. The SMILES string of the molecule is CC(C)n1cnnc1SCC(=O)N1CCc2ccc(Cl)cc21. The molecule has 0 saturated heterocycles. The number of amides is 1. The van der Waals surface area contributed by atoms with Gasteiger partial charge in [0.1, 0.15) is 6.33 Å². The van der Waals surface area contributed by atoms with Crippen molar-refractivity contribution in [2.75, 3.05) is 17.2 Å². The maximum absolute atomic E-state index is 12.5. The maximum atomic E-state index is 12.5. The Morgan fingerprint density at radius 3 is 3.05 bits per heavy atom. The van der Waals surface area contributed by atoms with E-state index in [1.165, 1.54) is 17.3 Å². The summed E-state index contributed by atoms with van der Waals surface area (Å²) in [6, 6.07) is 6.00. The van der Waals surface area contributed by atoms with Crippen molar-refractivity contribution in [2.45, 2.75) is 31.5 Å². The summed E-state index contributed by atoms with van der Waals surface area (Å²) in [6.07, 6.45) is 2.58. The van der Waals surface area contributed by atoms with Gasteiger partial charge in [-0.25, -0.2) is 0 Å². The van der Waals surface area contributed by atoms with Gasteiger partial charge >= 0.3 is 0 Å². The molecule has 1 aromatic heterocycles. The normalized spacial score (nSPS) is 13.7. The molecule has 1 aliphatic heterocycles.